The molecule has 0 spiro atoms. The molecule has 0 aromatic rings. The molecule has 0 saturated carbocycles. The van der Waals surface area contributed by atoms with Gasteiger partial charge in [0.25, 0.3) is 0 Å². The minimum Gasteiger partial charge on any atom is -0.545 e. The van der Waals surface area contributed by atoms with E-state index in [4.69, 9.17) is 18.9 Å². The number of hydrogen-bond acceptors (Lipinski definition) is 8. The molecule has 0 aliphatic rings. The van der Waals surface area contributed by atoms with Gasteiger partial charge in [-0.25, -0.2) is 0 Å². The first-order chi connectivity index (χ1) is 37.6. The molecule has 0 amide bonds. The summed E-state index contributed by atoms with van der Waals surface area (Å²) in [4.78, 5) is 37.4. The van der Waals surface area contributed by atoms with Crippen molar-refractivity contribution in [2.24, 2.45) is 0 Å². The maximum atomic E-state index is 12.9. The third kappa shape index (κ3) is 61.2. The largest absolute Gasteiger partial charge is 0.545 e. The van der Waals surface area contributed by atoms with Crippen molar-refractivity contribution in [3.8, 4) is 0 Å². The van der Waals surface area contributed by atoms with Crippen molar-refractivity contribution in [1.29, 1.82) is 0 Å². The smallest absolute Gasteiger partial charge is 0.306 e. The molecule has 0 aromatic heterocycles. The molecule has 0 saturated heterocycles. The SMILES string of the molecule is CCCCCCC/C=C\C/C=C\CCCCCCCCCCCCCCCC(=O)OC(COC(=O)CCCCCCCCCCCCCCCCCCCCCCCCCCCCC)COC(OCC[N+](C)(C)C)C(=O)[O-]. The summed E-state index contributed by atoms with van der Waals surface area (Å²) >= 11 is 0. The van der Waals surface area contributed by atoms with Crippen LogP contribution in [0.25, 0.3) is 0 Å². The van der Waals surface area contributed by atoms with Crippen LogP contribution in [0.5, 0.6) is 0 Å². The first-order valence-electron chi connectivity index (χ1n) is 33.5. The molecule has 0 aromatic carbocycles. The Morgan fingerprint density at radius 2 is 0.701 bits per heavy atom. The van der Waals surface area contributed by atoms with Gasteiger partial charge in [0.1, 0.15) is 13.2 Å². The summed E-state index contributed by atoms with van der Waals surface area (Å²) in [6, 6.07) is 0. The number of carbonyl (C=O) groups is 3. The number of allylic oxidation sites excluding steroid dienone is 4. The lowest BCUT2D eigenvalue weighted by Crippen LogP contribution is -2.44. The van der Waals surface area contributed by atoms with E-state index in [1.807, 2.05) is 21.1 Å². The Hall–Kier alpha value is -2.23. The number of unbranched alkanes of at least 4 members (excludes halogenated alkanes) is 44. The number of carboxylic acid groups (broad SMARTS) is 1. The van der Waals surface area contributed by atoms with E-state index < -0.39 is 24.3 Å². The van der Waals surface area contributed by atoms with Crippen LogP contribution in [0.15, 0.2) is 24.3 Å². The molecule has 0 aliphatic carbocycles. The van der Waals surface area contributed by atoms with Crippen molar-refractivity contribution in [3.05, 3.63) is 24.3 Å². The Labute approximate surface area is 478 Å². The first-order valence-corrected chi connectivity index (χ1v) is 33.5. The number of hydrogen-bond donors (Lipinski definition) is 0. The standard InChI is InChI=1S/C68H129NO8/c1-6-8-10-12-14-16-18-20-22-24-26-28-30-32-33-35-36-38-40-42-44-46-48-50-52-54-56-58-65(70)75-62-64(63-76-68(67(72)73)74-61-60-69(3,4)5)77-66(71)59-57-55-53-51-49-47-45-43-41-39-37-34-31-29-27-25-23-21-19-17-15-13-11-9-7-2/h19,21,25,27,64,68H,6-18,20,22-24,26,28-63H2,1-5H3/b21-19-,27-25-. The maximum Gasteiger partial charge on any atom is 0.306 e. The van der Waals surface area contributed by atoms with Gasteiger partial charge in [0.15, 0.2) is 12.4 Å². The molecule has 9 heteroatoms. The van der Waals surface area contributed by atoms with Crippen LogP contribution >= 0.6 is 0 Å². The van der Waals surface area contributed by atoms with Crippen LogP contribution in [-0.2, 0) is 33.3 Å². The minimum atomic E-state index is -1.62. The number of carboxylic acids is 1. The van der Waals surface area contributed by atoms with Gasteiger partial charge in [0, 0.05) is 12.8 Å². The van der Waals surface area contributed by atoms with Gasteiger partial charge in [-0.1, -0.05) is 301 Å². The zero-order chi connectivity index (χ0) is 56.2. The van der Waals surface area contributed by atoms with Crippen molar-refractivity contribution in [2.75, 3.05) is 47.5 Å². The lowest BCUT2D eigenvalue weighted by molar-refractivity contribution is -0.870. The van der Waals surface area contributed by atoms with Crippen molar-refractivity contribution in [1.82, 2.24) is 0 Å². The highest BCUT2D eigenvalue weighted by atomic mass is 16.7. The molecule has 0 N–H and O–H groups in total. The predicted molar refractivity (Wildman–Crippen MR) is 325 cm³/mol. The highest BCUT2D eigenvalue weighted by Crippen LogP contribution is 2.18. The van der Waals surface area contributed by atoms with Crippen LogP contribution in [0.3, 0.4) is 0 Å². The summed E-state index contributed by atoms with van der Waals surface area (Å²) in [6.45, 7) is 4.81. The van der Waals surface area contributed by atoms with Crippen molar-refractivity contribution in [3.63, 3.8) is 0 Å². The Balaban J connectivity index is 4.10. The fraction of sp³-hybridized carbons (Fsp3) is 0.897. The van der Waals surface area contributed by atoms with Gasteiger partial charge in [-0.15, -0.1) is 0 Å². The van der Waals surface area contributed by atoms with Crippen molar-refractivity contribution in [2.45, 2.75) is 347 Å². The van der Waals surface area contributed by atoms with Gasteiger partial charge in [0.2, 0.25) is 0 Å². The number of aliphatic carboxylic acids is 1. The maximum absolute atomic E-state index is 12.9. The molecule has 77 heavy (non-hydrogen) atoms. The Morgan fingerprint density at radius 1 is 0.390 bits per heavy atom. The van der Waals surface area contributed by atoms with Crippen molar-refractivity contribution >= 4 is 17.9 Å². The Bertz CT molecular complexity index is 1310. The number of carbonyl (C=O) groups excluding carboxylic acids is 3. The second-order valence-corrected chi connectivity index (χ2v) is 24.1. The summed E-state index contributed by atoms with van der Waals surface area (Å²) in [5.74, 6) is -2.26. The molecule has 2 unspecified atom stereocenters. The van der Waals surface area contributed by atoms with Crippen LogP contribution < -0.4 is 5.11 Å². The quantitative estimate of drug-likeness (QED) is 0.0195. The zero-order valence-corrected chi connectivity index (χ0v) is 51.9. The Morgan fingerprint density at radius 3 is 1.03 bits per heavy atom. The van der Waals surface area contributed by atoms with Crippen LogP contribution in [-0.4, -0.2) is 82.3 Å². The molecule has 0 fully saturated rings. The van der Waals surface area contributed by atoms with E-state index in [1.165, 1.54) is 263 Å². The fourth-order valence-corrected chi connectivity index (χ4v) is 10.0. The van der Waals surface area contributed by atoms with Gasteiger partial charge in [-0.3, -0.25) is 9.59 Å². The average Bonchev–Trinajstić information content (AvgIpc) is 3.40. The molecular weight excluding hydrogens is 959 g/mol. The molecule has 454 valence electrons. The number of esters is 2. The van der Waals surface area contributed by atoms with E-state index in [9.17, 15) is 19.5 Å². The second-order valence-electron chi connectivity index (χ2n) is 24.1. The van der Waals surface area contributed by atoms with Crippen molar-refractivity contribution < 1.29 is 42.9 Å². The lowest BCUT2D eigenvalue weighted by atomic mass is 10.0. The molecule has 0 radical (unpaired) electrons. The van der Waals surface area contributed by atoms with Gasteiger partial charge in [0.05, 0.1) is 40.3 Å². The van der Waals surface area contributed by atoms with E-state index in [-0.39, 0.29) is 32.2 Å². The number of likely N-dealkylation sites (N-methyl/N-ethyl adjacent to an activating group) is 1. The highest BCUT2D eigenvalue weighted by molar-refractivity contribution is 5.70. The van der Waals surface area contributed by atoms with E-state index in [0.717, 1.165) is 38.5 Å². The monoisotopic (exact) mass is 1090 g/mol. The molecule has 9 nitrogen and oxygen atoms in total. The third-order valence-electron chi connectivity index (χ3n) is 15.2. The first kappa shape index (κ1) is 74.8. The summed E-state index contributed by atoms with van der Waals surface area (Å²) < 4.78 is 22.8. The highest BCUT2D eigenvalue weighted by Gasteiger charge is 2.22. The lowest BCUT2D eigenvalue weighted by Gasteiger charge is -2.26. The average molecular weight is 1090 g/mol. The van der Waals surface area contributed by atoms with Crippen LogP contribution in [0, 0.1) is 0 Å². The zero-order valence-electron chi connectivity index (χ0n) is 51.9. The molecule has 0 heterocycles. The number of quaternary nitrogens is 1. The van der Waals surface area contributed by atoms with Crippen LogP contribution in [0.2, 0.25) is 0 Å². The second kappa shape index (κ2) is 59.9. The van der Waals surface area contributed by atoms with E-state index in [0.29, 0.717) is 23.9 Å². The molecule has 2 atom stereocenters. The van der Waals surface area contributed by atoms with E-state index in [1.54, 1.807) is 0 Å². The predicted octanol–water partition coefficient (Wildman–Crippen LogP) is 18.9. The molecule has 0 rings (SSSR count). The van der Waals surface area contributed by atoms with Crippen LogP contribution in [0.1, 0.15) is 335 Å². The molecule has 0 aliphatic heterocycles. The summed E-state index contributed by atoms with van der Waals surface area (Å²) in [7, 11) is 5.94. The van der Waals surface area contributed by atoms with E-state index >= 15 is 0 Å². The third-order valence-corrected chi connectivity index (χ3v) is 15.2. The van der Waals surface area contributed by atoms with E-state index in [2.05, 4.69) is 38.2 Å². The van der Waals surface area contributed by atoms with Gasteiger partial charge in [-0.05, 0) is 44.9 Å². The number of ether oxygens (including phenoxy) is 4. The topological polar surface area (TPSA) is 111 Å². The number of nitrogens with zero attached hydrogens (tertiary/aromatic N) is 1. The minimum absolute atomic E-state index is 0.151. The van der Waals surface area contributed by atoms with Crippen LogP contribution in [0.4, 0.5) is 0 Å². The van der Waals surface area contributed by atoms with Gasteiger partial charge in [-0.2, -0.15) is 0 Å². The molecular formula is C68H129NO8. The summed E-state index contributed by atoms with van der Waals surface area (Å²) in [5.41, 5.74) is 0. The normalized spacial score (nSPS) is 12.8. The summed E-state index contributed by atoms with van der Waals surface area (Å²) in [6.07, 6.45) is 69.6. The van der Waals surface area contributed by atoms with Gasteiger partial charge < -0.3 is 33.3 Å². The summed E-state index contributed by atoms with van der Waals surface area (Å²) in [5, 5.41) is 11.8. The number of rotatable bonds is 63. The van der Waals surface area contributed by atoms with Gasteiger partial charge >= 0.3 is 11.9 Å². The molecule has 0 bridgehead atoms. The Kier molecular flexibility index (Phi) is 58.1. The fourth-order valence-electron chi connectivity index (χ4n) is 10.0.